The molecule has 0 saturated heterocycles. The van der Waals surface area contributed by atoms with E-state index in [1.807, 2.05) is 55.3 Å². The van der Waals surface area contributed by atoms with Crippen LogP contribution in [0.25, 0.3) is 0 Å². The summed E-state index contributed by atoms with van der Waals surface area (Å²) in [5.41, 5.74) is 2.92. The minimum atomic E-state index is -0.969. The second kappa shape index (κ2) is 9.80. The molecule has 3 aromatic carbocycles. The summed E-state index contributed by atoms with van der Waals surface area (Å²) in [6.45, 7) is 1.99. The van der Waals surface area contributed by atoms with Crippen LogP contribution >= 0.6 is 0 Å². The number of esters is 1. The molecule has 0 aromatic heterocycles. The molecular weight excluding hydrogens is 394 g/mol. The van der Waals surface area contributed by atoms with Crippen LogP contribution in [0.1, 0.15) is 35.2 Å². The first-order valence-corrected chi connectivity index (χ1v) is 9.89. The molecule has 0 aliphatic carbocycles. The Kier molecular flexibility index (Phi) is 6.92. The highest BCUT2D eigenvalue weighted by atomic mass is 16.6. The summed E-state index contributed by atoms with van der Waals surface area (Å²) in [4.78, 5) is 25.4. The Morgan fingerprint density at radius 2 is 1.58 bits per heavy atom. The average molecular weight is 419 g/mol. The lowest BCUT2D eigenvalue weighted by Crippen LogP contribution is -2.13. The number of carboxylic acids is 1. The highest BCUT2D eigenvalue weighted by molar-refractivity contribution is 5.88. The molecule has 0 amide bonds. The number of carboxylic acid groups (broad SMARTS) is 1. The standard InChI is InChI=1S/C25H25NO5/c1-17(18-7-5-4-6-8-18)15-24(27)31-22-14-13-21(16-23(22)30-3)26(2)20-11-9-19(10-12-20)25(28)29/h4-14,16-17H,15H2,1-3H3,(H,28,29). The van der Waals surface area contributed by atoms with Gasteiger partial charge in [-0.3, -0.25) is 4.79 Å². The van der Waals surface area contributed by atoms with Gasteiger partial charge in [0.2, 0.25) is 0 Å². The molecule has 1 unspecified atom stereocenters. The van der Waals surface area contributed by atoms with Gasteiger partial charge < -0.3 is 19.5 Å². The molecule has 3 aromatic rings. The number of aromatic carboxylic acids is 1. The van der Waals surface area contributed by atoms with Gasteiger partial charge >= 0.3 is 11.9 Å². The van der Waals surface area contributed by atoms with Crippen LogP contribution < -0.4 is 14.4 Å². The number of hydrogen-bond donors (Lipinski definition) is 1. The van der Waals surface area contributed by atoms with Crippen molar-refractivity contribution >= 4 is 23.3 Å². The first-order valence-electron chi connectivity index (χ1n) is 9.89. The van der Waals surface area contributed by atoms with Crippen LogP contribution in [-0.4, -0.2) is 31.2 Å². The topological polar surface area (TPSA) is 76.1 Å². The molecule has 3 rings (SSSR count). The number of benzene rings is 3. The summed E-state index contributed by atoms with van der Waals surface area (Å²) in [5, 5.41) is 9.05. The van der Waals surface area contributed by atoms with Crippen molar-refractivity contribution in [2.75, 3.05) is 19.1 Å². The molecule has 6 heteroatoms. The molecule has 1 atom stereocenters. The van der Waals surface area contributed by atoms with Crippen LogP contribution in [-0.2, 0) is 4.79 Å². The third kappa shape index (κ3) is 5.42. The summed E-state index contributed by atoms with van der Waals surface area (Å²) in [7, 11) is 3.38. The lowest BCUT2D eigenvalue weighted by atomic mass is 9.98. The maximum atomic E-state index is 12.5. The van der Waals surface area contributed by atoms with Crippen LogP contribution in [0, 0.1) is 0 Å². The highest BCUT2D eigenvalue weighted by Crippen LogP contribution is 2.34. The number of methoxy groups -OCH3 is 1. The number of rotatable bonds is 8. The first-order chi connectivity index (χ1) is 14.9. The lowest BCUT2D eigenvalue weighted by molar-refractivity contribution is -0.134. The molecule has 0 heterocycles. The fourth-order valence-corrected chi connectivity index (χ4v) is 3.24. The van der Waals surface area contributed by atoms with Gasteiger partial charge in [-0.1, -0.05) is 37.3 Å². The average Bonchev–Trinajstić information content (AvgIpc) is 2.79. The molecule has 0 saturated carbocycles. The Balaban J connectivity index is 1.71. The van der Waals surface area contributed by atoms with Crippen molar-refractivity contribution in [2.45, 2.75) is 19.3 Å². The van der Waals surface area contributed by atoms with Crippen molar-refractivity contribution in [3.63, 3.8) is 0 Å². The van der Waals surface area contributed by atoms with Crippen molar-refractivity contribution < 1.29 is 24.2 Å². The van der Waals surface area contributed by atoms with Crippen molar-refractivity contribution in [1.29, 1.82) is 0 Å². The van der Waals surface area contributed by atoms with E-state index in [-0.39, 0.29) is 23.9 Å². The molecular formula is C25H25NO5. The monoisotopic (exact) mass is 419 g/mol. The van der Waals surface area contributed by atoms with Crippen LogP contribution in [0.4, 0.5) is 11.4 Å². The summed E-state index contributed by atoms with van der Waals surface area (Å²) < 4.78 is 11.0. The Bertz CT molecular complexity index is 1050. The van der Waals surface area contributed by atoms with Crippen LogP contribution in [0.3, 0.4) is 0 Å². The van der Waals surface area contributed by atoms with Gasteiger partial charge in [0.05, 0.1) is 19.1 Å². The van der Waals surface area contributed by atoms with Gasteiger partial charge in [-0.25, -0.2) is 4.79 Å². The molecule has 0 radical (unpaired) electrons. The van der Waals surface area contributed by atoms with Crippen LogP contribution in [0.15, 0.2) is 72.8 Å². The molecule has 0 aliphatic rings. The number of carbonyl (C=O) groups excluding carboxylic acids is 1. The van der Waals surface area contributed by atoms with Gasteiger partial charge in [-0.2, -0.15) is 0 Å². The van der Waals surface area contributed by atoms with E-state index in [1.54, 1.807) is 36.4 Å². The summed E-state index contributed by atoms with van der Waals surface area (Å²) in [6, 6.07) is 21.7. The van der Waals surface area contributed by atoms with Gasteiger partial charge in [0.15, 0.2) is 11.5 Å². The molecule has 1 N–H and O–H groups in total. The number of anilines is 2. The Morgan fingerprint density at radius 1 is 0.935 bits per heavy atom. The maximum absolute atomic E-state index is 12.5. The van der Waals surface area contributed by atoms with Crippen molar-refractivity contribution in [1.82, 2.24) is 0 Å². The molecule has 0 aliphatic heterocycles. The lowest BCUT2D eigenvalue weighted by Gasteiger charge is -2.21. The summed E-state index contributed by atoms with van der Waals surface area (Å²) in [5.74, 6) is -0.471. The molecule has 160 valence electrons. The van der Waals surface area contributed by atoms with Gasteiger partial charge in [0.25, 0.3) is 0 Å². The Hall–Kier alpha value is -3.80. The third-order valence-electron chi connectivity index (χ3n) is 5.10. The fraction of sp³-hybridized carbons (Fsp3) is 0.200. The molecule has 0 spiro atoms. The van der Waals surface area contributed by atoms with E-state index in [1.165, 1.54) is 7.11 Å². The van der Waals surface area contributed by atoms with Crippen molar-refractivity contribution in [3.05, 3.63) is 83.9 Å². The van der Waals surface area contributed by atoms with E-state index < -0.39 is 5.97 Å². The Morgan fingerprint density at radius 3 is 2.19 bits per heavy atom. The SMILES string of the molecule is COc1cc(N(C)c2ccc(C(=O)O)cc2)ccc1OC(=O)CC(C)c1ccccc1. The summed E-state index contributed by atoms with van der Waals surface area (Å²) >= 11 is 0. The largest absolute Gasteiger partial charge is 0.493 e. The summed E-state index contributed by atoms with van der Waals surface area (Å²) in [6.07, 6.45) is 0.255. The van der Waals surface area contributed by atoms with E-state index in [0.717, 1.165) is 16.9 Å². The minimum absolute atomic E-state index is 0.0406. The Labute approximate surface area is 181 Å². The molecule has 0 fully saturated rings. The number of hydrogen-bond acceptors (Lipinski definition) is 5. The van der Waals surface area contributed by atoms with Crippen molar-refractivity contribution in [2.24, 2.45) is 0 Å². The predicted octanol–water partition coefficient (Wildman–Crippen LogP) is 5.26. The second-order valence-electron chi connectivity index (χ2n) is 7.24. The van der Waals surface area contributed by atoms with E-state index in [4.69, 9.17) is 14.6 Å². The third-order valence-corrected chi connectivity index (χ3v) is 5.10. The second-order valence-corrected chi connectivity index (χ2v) is 7.24. The van der Waals surface area contributed by atoms with E-state index in [0.29, 0.717) is 11.5 Å². The zero-order valence-corrected chi connectivity index (χ0v) is 17.7. The molecule has 0 bridgehead atoms. The van der Waals surface area contributed by atoms with Gasteiger partial charge in [-0.15, -0.1) is 0 Å². The zero-order valence-electron chi connectivity index (χ0n) is 17.7. The van der Waals surface area contributed by atoms with Crippen molar-refractivity contribution in [3.8, 4) is 11.5 Å². The fourth-order valence-electron chi connectivity index (χ4n) is 3.24. The van der Waals surface area contributed by atoms with Crippen LogP contribution in [0.2, 0.25) is 0 Å². The minimum Gasteiger partial charge on any atom is -0.493 e. The zero-order chi connectivity index (χ0) is 22.4. The highest BCUT2D eigenvalue weighted by Gasteiger charge is 2.16. The van der Waals surface area contributed by atoms with Gasteiger partial charge in [0, 0.05) is 24.5 Å². The van der Waals surface area contributed by atoms with Gasteiger partial charge in [0.1, 0.15) is 0 Å². The van der Waals surface area contributed by atoms with E-state index in [9.17, 15) is 9.59 Å². The van der Waals surface area contributed by atoms with E-state index >= 15 is 0 Å². The number of nitrogens with zero attached hydrogens (tertiary/aromatic N) is 1. The number of ether oxygens (including phenoxy) is 2. The number of carbonyl (C=O) groups is 2. The maximum Gasteiger partial charge on any atom is 0.335 e. The predicted molar refractivity (Wildman–Crippen MR) is 120 cm³/mol. The smallest absolute Gasteiger partial charge is 0.335 e. The normalized spacial score (nSPS) is 11.5. The molecule has 6 nitrogen and oxygen atoms in total. The molecule has 31 heavy (non-hydrogen) atoms. The van der Waals surface area contributed by atoms with E-state index in [2.05, 4.69) is 0 Å². The quantitative estimate of drug-likeness (QED) is 0.396. The van der Waals surface area contributed by atoms with Crippen LogP contribution in [0.5, 0.6) is 11.5 Å². The first kappa shape index (κ1) is 21.9. The van der Waals surface area contributed by atoms with Gasteiger partial charge in [-0.05, 0) is 47.9 Å².